The van der Waals surface area contributed by atoms with E-state index in [0.29, 0.717) is 16.9 Å². The van der Waals surface area contributed by atoms with Crippen LogP contribution >= 0.6 is 11.8 Å². The largest absolute Gasteiger partial charge is 0.390 e. The highest BCUT2D eigenvalue weighted by atomic mass is 32.2. The molecule has 0 heterocycles. The maximum Gasteiger partial charge on any atom is 0.272 e. The topological polar surface area (TPSA) is 101 Å². The second kappa shape index (κ2) is 7.37. The van der Waals surface area contributed by atoms with Crippen molar-refractivity contribution in [3.05, 3.63) is 39.4 Å². The number of hydrogen-bond acceptors (Lipinski definition) is 6. The van der Waals surface area contributed by atoms with E-state index in [-0.39, 0.29) is 17.2 Å². The van der Waals surface area contributed by atoms with Crippen molar-refractivity contribution >= 4 is 22.6 Å². The van der Waals surface area contributed by atoms with Crippen molar-refractivity contribution in [2.24, 2.45) is 0 Å². The zero-order valence-corrected chi connectivity index (χ0v) is 12.1. The van der Waals surface area contributed by atoms with E-state index in [4.69, 9.17) is 0 Å². The first kappa shape index (κ1) is 16.6. The van der Waals surface area contributed by atoms with Crippen LogP contribution in [-0.4, -0.2) is 32.1 Å². The number of carbonyl (C=O) groups excluding carboxylic acids is 1. The Morgan fingerprint density at radius 2 is 2.10 bits per heavy atom. The minimum Gasteiger partial charge on any atom is -0.390 e. The van der Waals surface area contributed by atoms with Crippen LogP contribution in [-0.2, 0) is 4.79 Å². The number of aliphatic hydroxyl groups excluding tert-OH is 2. The van der Waals surface area contributed by atoms with Gasteiger partial charge in [-0.25, -0.2) is 0 Å². The van der Waals surface area contributed by atoms with E-state index in [1.165, 1.54) is 25.1 Å². The molecule has 0 aliphatic heterocycles. The van der Waals surface area contributed by atoms with Gasteiger partial charge in [0.25, 0.3) is 5.69 Å². The van der Waals surface area contributed by atoms with Gasteiger partial charge in [0, 0.05) is 24.3 Å². The molecule has 2 N–H and O–H groups in total. The van der Waals surface area contributed by atoms with Crippen molar-refractivity contribution in [1.29, 1.82) is 0 Å². The summed E-state index contributed by atoms with van der Waals surface area (Å²) >= 11 is 1.08. The van der Waals surface area contributed by atoms with Gasteiger partial charge < -0.3 is 10.2 Å². The molecule has 110 valence electrons. The number of carbonyl (C=O) groups is 1. The lowest BCUT2D eigenvalue weighted by Crippen LogP contribution is -2.19. The van der Waals surface area contributed by atoms with Crippen LogP contribution in [0.5, 0.6) is 0 Å². The number of hydrogen-bond donors (Lipinski definition) is 2. The number of nitrogens with zero attached hydrogens (tertiary/aromatic N) is 1. The number of aryl methyl sites for hydroxylation is 1. The van der Waals surface area contributed by atoms with Gasteiger partial charge in [0.1, 0.15) is 6.10 Å². The summed E-state index contributed by atoms with van der Waals surface area (Å²) in [6, 6.07) is 4.23. The van der Waals surface area contributed by atoms with Crippen LogP contribution in [0.15, 0.2) is 18.2 Å². The van der Waals surface area contributed by atoms with Gasteiger partial charge >= 0.3 is 0 Å². The SMILES string of the molecule is CC(=O)SCCC(O)C(O)c1ccc([N+](=O)[O-])c(C)c1. The predicted molar refractivity (Wildman–Crippen MR) is 76.6 cm³/mol. The van der Waals surface area contributed by atoms with Crippen LogP contribution in [0.1, 0.15) is 30.6 Å². The monoisotopic (exact) mass is 299 g/mol. The molecule has 0 saturated carbocycles. The summed E-state index contributed by atoms with van der Waals surface area (Å²) < 4.78 is 0. The van der Waals surface area contributed by atoms with Crippen molar-refractivity contribution in [3.8, 4) is 0 Å². The van der Waals surface area contributed by atoms with Crippen molar-refractivity contribution < 1.29 is 19.9 Å². The third-order valence-electron chi connectivity index (χ3n) is 2.84. The van der Waals surface area contributed by atoms with Crippen LogP contribution in [0.4, 0.5) is 5.69 Å². The summed E-state index contributed by atoms with van der Waals surface area (Å²) in [5.74, 6) is 0.416. The fourth-order valence-corrected chi connectivity index (χ4v) is 2.42. The minimum absolute atomic E-state index is 0.0254. The van der Waals surface area contributed by atoms with Crippen molar-refractivity contribution in [2.45, 2.75) is 32.5 Å². The smallest absolute Gasteiger partial charge is 0.272 e. The third-order valence-corrected chi connectivity index (χ3v) is 3.69. The molecule has 0 radical (unpaired) electrons. The first-order chi connectivity index (χ1) is 9.32. The van der Waals surface area contributed by atoms with Crippen LogP contribution in [0.2, 0.25) is 0 Å². The molecule has 1 aromatic carbocycles. The van der Waals surface area contributed by atoms with E-state index in [1.54, 1.807) is 6.92 Å². The number of thioether (sulfide) groups is 1. The molecule has 2 atom stereocenters. The summed E-state index contributed by atoms with van der Waals surface area (Å²) in [5, 5.41) is 30.5. The lowest BCUT2D eigenvalue weighted by molar-refractivity contribution is -0.385. The molecular weight excluding hydrogens is 282 g/mol. The lowest BCUT2D eigenvalue weighted by atomic mass is 10.00. The van der Waals surface area contributed by atoms with Crippen LogP contribution in [0, 0.1) is 17.0 Å². The average Bonchev–Trinajstić information content (AvgIpc) is 2.36. The Morgan fingerprint density at radius 1 is 1.45 bits per heavy atom. The first-order valence-corrected chi connectivity index (χ1v) is 7.06. The van der Waals surface area contributed by atoms with E-state index in [9.17, 15) is 25.1 Å². The number of nitro benzene ring substituents is 1. The Labute approximate surface area is 121 Å². The summed E-state index contributed by atoms with van der Waals surface area (Å²) in [6.45, 7) is 3.01. The summed E-state index contributed by atoms with van der Waals surface area (Å²) in [4.78, 5) is 21.0. The highest BCUT2D eigenvalue weighted by Crippen LogP contribution is 2.25. The summed E-state index contributed by atoms with van der Waals surface area (Å²) in [6.07, 6.45) is -1.87. The number of benzene rings is 1. The fraction of sp³-hybridized carbons (Fsp3) is 0.462. The molecule has 0 spiro atoms. The van der Waals surface area contributed by atoms with Crippen molar-refractivity contribution in [2.75, 3.05) is 5.75 Å². The van der Waals surface area contributed by atoms with Gasteiger partial charge in [0.15, 0.2) is 5.12 Å². The summed E-state index contributed by atoms with van der Waals surface area (Å²) in [5.41, 5.74) is 0.827. The zero-order chi connectivity index (χ0) is 15.3. The molecule has 0 aromatic heterocycles. The zero-order valence-electron chi connectivity index (χ0n) is 11.3. The molecule has 7 heteroatoms. The van der Waals surface area contributed by atoms with Gasteiger partial charge in [0.2, 0.25) is 0 Å². The Balaban J connectivity index is 2.71. The van der Waals surface area contributed by atoms with Gasteiger partial charge in [-0.15, -0.1) is 0 Å². The second-order valence-electron chi connectivity index (χ2n) is 4.44. The Hall–Kier alpha value is -1.44. The number of rotatable bonds is 6. The molecule has 6 nitrogen and oxygen atoms in total. The highest BCUT2D eigenvalue weighted by Gasteiger charge is 2.20. The Morgan fingerprint density at radius 3 is 2.60 bits per heavy atom. The Kier molecular flexibility index (Phi) is 6.12. The molecule has 0 bridgehead atoms. The normalized spacial score (nSPS) is 13.8. The summed E-state index contributed by atoms with van der Waals surface area (Å²) in [7, 11) is 0. The van der Waals surface area contributed by atoms with Gasteiger partial charge in [-0.3, -0.25) is 14.9 Å². The highest BCUT2D eigenvalue weighted by molar-refractivity contribution is 8.13. The lowest BCUT2D eigenvalue weighted by Gasteiger charge is -2.18. The maximum atomic E-state index is 10.8. The van der Waals surface area contributed by atoms with Crippen LogP contribution < -0.4 is 0 Å². The maximum absolute atomic E-state index is 10.8. The van der Waals surface area contributed by atoms with Crippen molar-refractivity contribution in [1.82, 2.24) is 0 Å². The van der Waals surface area contributed by atoms with E-state index >= 15 is 0 Å². The molecule has 20 heavy (non-hydrogen) atoms. The third kappa shape index (κ3) is 4.59. The molecule has 0 saturated heterocycles. The van der Waals surface area contributed by atoms with Gasteiger partial charge in [-0.2, -0.15) is 0 Å². The van der Waals surface area contributed by atoms with Gasteiger partial charge in [0.05, 0.1) is 11.0 Å². The van der Waals surface area contributed by atoms with E-state index in [2.05, 4.69) is 0 Å². The van der Waals surface area contributed by atoms with Gasteiger partial charge in [-0.05, 0) is 31.0 Å². The molecule has 1 aromatic rings. The fourth-order valence-electron chi connectivity index (χ4n) is 1.77. The molecule has 2 unspecified atom stereocenters. The number of nitro groups is 1. The molecular formula is C13H17NO5S. The van der Waals surface area contributed by atoms with E-state index in [1.807, 2.05) is 0 Å². The minimum atomic E-state index is -1.12. The molecule has 0 aliphatic rings. The average molecular weight is 299 g/mol. The number of aliphatic hydroxyl groups is 2. The quantitative estimate of drug-likeness (QED) is 0.615. The van der Waals surface area contributed by atoms with Crippen LogP contribution in [0.25, 0.3) is 0 Å². The van der Waals surface area contributed by atoms with Gasteiger partial charge in [-0.1, -0.05) is 11.8 Å². The van der Waals surface area contributed by atoms with Crippen LogP contribution in [0.3, 0.4) is 0 Å². The first-order valence-electron chi connectivity index (χ1n) is 6.07. The molecule has 1 rings (SSSR count). The van der Waals surface area contributed by atoms with Crippen molar-refractivity contribution in [3.63, 3.8) is 0 Å². The standard InChI is InChI=1S/C13H17NO5S/c1-8-7-10(3-4-11(8)14(18)19)13(17)12(16)5-6-20-9(2)15/h3-4,7,12-13,16-17H,5-6H2,1-2H3. The second-order valence-corrected chi connectivity index (χ2v) is 5.72. The van der Waals surface area contributed by atoms with E-state index < -0.39 is 17.1 Å². The molecule has 0 amide bonds. The molecule has 0 fully saturated rings. The predicted octanol–water partition coefficient (Wildman–Crippen LogP) is 1.97. The Bertz CT molecular complexity index is 506. The molecule has 0 aliphatic carbocycles. The van der Waals surface area contributed by atoms with E-state index in [0.717, 1.165) is 11.8 Å².